The van der Waals surface area contributed by atoms with Crippen molar-refractivity contribution in [1.82, 2.24) is 5.32 Å². The third-order valence-corrected chi connectivity index (χ3v) is 2.89. The summed E-state index contributed by atoms with van der Waals surface area (Å²) in [6, 6.07) is 7.25. The second kappa shape index (κ2) is 6.00. The number of carbonyl (C=O) groups excluding carboxylic acids is 2. The molecule has 0 aliphatic rings. The molecule has 0 aliphatic carbocycles. The van der Waals surface area contributed by atoms with E-state index in [1.54, 1.807) is 12.1 Å². The molecule has 104 valence electrons. The van der Waals surface area contributed by atoms with Gasteiger partial charge in [0.05, 0.1) is 0 Å². The standard InChI is InChI=1S/C16H23NO2/c1-11(2)10-17-15(19)14(18)12-6-8-13(9-7-12)16(3,4)5/h6-9,11H,10H2,1-5H3,(H,17,19). The monoisotopic (exact) mass is 261 g/mol. The van der Waals surface area contributed by atoms with Crippen LogP contribution in [-0.2, 0) is 10.2 Å². The number of amides is 1. The molecule has 0 aliphatic heterocycles. The van der Waals surface area contributed by atoms with Gasteiger partial charge in [-0.25, -0.2) is 0 Å². The van der Waals surface area contributed by atoms with Gasteiger partial charge in [-0.3, -0.25) is 9.59 Å². The van der Waals surface area contributed by atoms with E-state index < -0.39 is 11.7 Å². The van der Waals surface area contributed by atoms with Crippen LogP contribution >= 0.6 is 0 Å². The van der Waals surface area contributed by atoms with Crippen molar-refractivity contribution in [2.45, 2.75) is 40.0 Å². The fourth-order valence-electron chi connectivity index (χ4n) is 1.63. The minimum absolute atomic E-state index is 0.0431. The van der Waals surface area contributed by atoms with Crippen LogP contribution in [0.1, 0.15) is 50.5 Å². The molecule has 0 saturated carbocycles. The largest absolute Gasteiger partial charge is 0.349 e. The minimum Gasteiger partial charge on any atom is -0.349 e. The van der Waals surface area contributed by atoms with Crippen molar-refractivity contribution in [3.05, 3.63) is 35.4 Å². The maximum atomic E-state index is 11.9. The van der Waals surface area contributed by atoms with E-state index in [9.17, 15) is 9.59 Å². The van der Waals surface area contributed by atoms with E-state index in [1.165, 1.54) is 0 Å². The highest BCUT2D eigenvalue weighted by Gasteiger charge is 2.18. The molecule has 0 spiro atoms. The van der Waals surface area contributed by atoms with Gasteiger partial charge in [0.1, 0.15) is 0 Å². The number of carbonyl (C=O) groups is 2. The third kappa shape index (κ3) is 4.51. The molecule has 1 amide bonds. The van der Waals surface area contributed by atoms with Gasteiger partial charge < -0.3 is 5.32 Å². The van der Waals surface area contributed by atoms with Crippen LogP contribution in [0, 0.1) is 5.92 Å². The Morgan fingerprint density at radius 2 is 1.63 bits per heavy atom. The molecule has 1 N–H and O–H groups in total. The third-order valence-electron chi connectivity index (χ3n) is 2.89. The minimum atomic E-state index is -0.530. The normalized spacial score (nSPS) is 11.5. The topological polar surface area (TPSA) is 46.2 Å². The van der Waals surface area contributed by atoms with Crippen molar-refractivity contribution in [2.75, 3.05) is 6.54 Å². The lowest BCUT2D eigenvalue weighted by atomic mass is 9.86. The second-order valence-corrected chi connectivity index (χ2v) is 6.26. The molecule has 0 aromatic heterocycles. The molecule has 0 saturated heterocycles. The van der Waals surface area contributed by atoms with Gasteiger partial charge in [-0.15, -0.1) is 0 Å². The van der Waals surface area contributed by atoms with E-state index in [2.05, 4.69) is 26.1 Å². The summed E-state index contributed by atoms with van der Waals surface area (Å²) in [5.74, 6) is -0.668. The van der Waals surface area contributed by atoms with Crippen LogP contribution in [0.4, 0.5) is 0 Å². The highest BCUT2D eigenvalue weighted by atomic mass is 16.2. The summed E-state index contributed by atoms with van der Waals surface area (Å²) < 4.78 is 0. The van der Waals surface area contributed by atoms with Crippen molar-refractivity contribution in [3.8, 4) is 0 Å². The number of hydrogen-bond donors (Lipinski definition) is 1. The lowest BCUT2D eigenvalue weighted by Gasteiger charge is -2.18. The Kier molecular flexibility index (Phi) is 4.87. The van der Waals surface area contributed by atoms with Gasteiger partial charge in [0, 0.05) is 12.1 Å². The van der Waals surface area contributed by atoms with E-state index in [1.807, 2.05) is 26.0 Å². The summed E-state index contributed by atoms with van der Waals surface area (Å²) in [7, 11) is 0. The van der Waals surface area contributed by atoms with Crippen LogP contribution in [0.25, 0.3) is 0 Å². The first kappa shape index (κ1) is 15.4. The molecular formula is C16H23NO2. The Morgan fingerprint density at radius 1 is 1.11 bits per heavy atom. The molecule has 0 radical (unpaired) electrons. The molecule has 1 aromatic rings. The molecule has 3 heteroatoms. The van der Waals surface area contributed by atoms with E-state index in [-0.39, 0.29) is 5.41 Å². The summed E-state index contributed by atoms with van der Waals surface area (Å²) in [4.78, 5) is 23.6. The number of ketones is 1. The zero-order valence-electron chi connectivity index (χ0n) is 12.4. The predicted molar refractivity (Wildman–Crippen MR) is 77.3 cm³/mol. The number of Topliss-reactive ketones (excluding diaryl/α,β-unsaturated/α-hetero) is 1. The molecular weight excluding hydrogens is 238 g/mol. The van der Waals surface area contributed by atoms with E-state index in [0.717, 1.165) is 5.56 Å². The van der Waals surface area contributed by atoms with E-state index in [0.29, 0.717) is 18.0 Å². The van der Waals surface area contributed by atoms with Crippen LogP contribution < -0.4 is 5.32 Å². The molecule has 0 atom stereocenters. The van der Waals surface area contributed by atoms with Gasteiger partial charge in [-0.1, -0.05) is 58.9 Å². The van der Waals surface area contributed by atoms with Crippen LogP contribution in [0.3, 0.4) is 0 Å². The van der Waals surface area contributed by atoms with Crippen molar-refractivity contribution in [2.24, 2.45) is 5.92 Å². The SMILES string of the molecule is CC(C)CNC(=O)C(=O)c1ccc(C(C)(C)C)cc1. The summed E-state index contributed by atoms with van der Waals surface area (Å²) in [5.41, 5.74) is 1.63. The molecule has 0 unspecified atom stereocenters. The number of nitrogens with one attached hydrogen (secondary N) is 1. The maximum absolute atomic E-state index is 11.9. The van der Waals surface area contributed by atoms with Crippen LogP contribution in [-0.4, -0.2) is 18.2 Å². The molecule has 0 heterocycles. The molecule has 19 heavy (non-hydrogen) atoms. The van der Waals surface area contributed by atoms with Crippen LogP contribution in [0.15, 0.2) is 24.3 Å². The van der Waals surface area contributed by atoms with Crippen molar-refractivity contribution < 1.29 is 9.59 Å². The molecule has 1 aromatic carbocycles. The highest BCUT2D eigenvalue weighted by molar-refractivity contribution is 6.42. The lowest BCUT2D eigenvalue weighted by Crippen LogP contribution is -2.33. The van der Waals surface area contributed by atoms with Gasteiger partial charge in [0.25, 0.3) is 5.91 Å². The summed E-state index contributed by atoms with van der Waals surface area (Å²) >= 11 is 0. The Labute approximate surface area is 115 Å². The Balaban J connectivity index is 2.76. The molecule has 0 fully saturated rings. The summed E-state index contributed by atoms with van der Waals surface area (Å²) in [6.45, 7) is 10.8. The van der Waals surface area contributed by atoms with Gasteiger partial charge >= 0.3 is 0 Å². The van der Waals surface area contributed by atoms with Gasteiger partial charge in [0.2, 0.25) is 5.78 Å². The predicted octanol–water partition coefficient (Wildman–Crippen LogP) is 2.94. The molecule has 0 bridgehead atoms. The Morgan fingerprint density at radius 3 is 2.05 bits per heavy atom. The van der Waals surface area contributed by atoms with Crippen LogP contribution in [0.5, 0.6) is 0 Å². The average Bonchev–Trinajstić information content (AvgIpc) is 2.34. The zero-order valence-corrected chi connectivity index (χ0v) is 12.4. The fourth-order valence-corrected chi connectivity index (χ4v) is 1.63. The Hall–Kier alpha value is -1.64. The maximum Gasteiger partial charge on any atom is 0.292 e. The summed E-state index contributed by atoms with van der Waals surface area (Å²) in [5, 5.41) is 2.64. The van der Waals surface area contributed by atoms with Crippen molar-refractivity contribution >= 4 is 11.7 Å². The van der Waals surface area contributed by atoms with E-state index >= 15 is 0 Å². The zero-order chi connectivity index (χ0) is 14.6. The lowest BCUT2D eigenvalue weighted by molar-refractivity contribution is -0.117. The van der Waals surface area contributed by atoms with Crippen molar-refractivity contribution in [1.29, 1.82) is 0 Å². The Bertz CT molecular complexity index is 453. The number of hydrogen-bond acceptors (Lipinski definition) is 2. The van der Waals surface area contributed by atoms with E-state index in [4.69, 9.17) is 0 Å². The van der Waals surface area contributed by atoms with Gasteiger partial charge in [-0.2, -0.15) is 0 Å². The smallest absolute Gasteiger partial charge is 0.292 e. The quantitative estimate of drug-likeness (QED) is 0.669. The van der Waals surface area contributed by atoms with Gasteiger partial charge in [0.15, 0.2) is 0 Å². The first-order valence-corrected chi connectivity index (χ1v) is 6.65. The summed E-state index contributed by atoms with van der Waals surface area (Å²) in [6.07, 6.45) is 0. The van der Waals surface area contributed by atoms with Crippen molar-refractivity contribution in [3.63, 3.8) is 0 Å². The molecule has 3 nitrogen and oxygen atoms in total. The second-order valence-electron chi connectivity index (χ2n) is 6.26. The highest BCUT2D eigenvalue weighted by Crippen LogP contribution is 2.22. The first-order chi connectivity index (χ1) is 8.71. The first-order valence-electron chi connectivity index (χ1n) is 6.65. The van der Waals surface area contributed by atoms with Crippen LogP contribution in [0.2, 0.25) is 0 Å². The fraction of sp³-hybridized carbons (Fsp3) is 0.500. The molecule has 1 rings (SSSR count). The number of benzene rings is 1. The van der Waals surface area contributed by atoms with Gasteiger partial charge in [-0.05, 0) is 16.9 Å². The number of rotatable bonds is 4. The average molecular weight is 261 g/mol.